The van der Waals surface area contributed by atoms with Gasteiger partial charge in [0.25, 0.3) is 0 Å². The molecule has 0 aromatic rings. The van der Waals surface area contributed by atoms with Gasteiger partial charge in [0.1, 0.15) is 0 Å². The molecule has 0 radical (unpaired) electrons. The summed E-state index contributed by atoms with van der Waals surface area (Å²) in [4.78, 5) is 2.67. The molecular weight excluding hydrogens is 194 g/mol. The van der Waals surface area contributed by atoms with Crippen LogP contribution in [0.4, 0.5) is 0 Å². The van der Waals surface area contributed by atoms with E-state index in [1.165, 1.54) is 58.2 Å². The molecule has 2 aliphatic rings. The Balaban J connectivity index is 0.000000606. The van der Waals surface area contributed by atoms with Crippen molar-refractivity contribution in [2.45, 2.75) is 66.2 Å². The van der Waals surface area contributed by atoms with Crippen LogP contribution in [0, 0.1) is 11.3 Å². The average molecular weight is 225 g/mol. The summed E-state index contributed by atoms with van der Waals surface area (Å²) in [6.45, 7) is 12.7. The van der Waals surface area contributed by atoms with Crippen molar-refractivity contribution in [2.75, 3.05) is 19.6 Å². The van der Waals surface area contributed by atoms with Gasteiger partial charge >= 0.3 is 0 Å². The minimum Gasteiger partial charge on any atom is -0.303 e. The van der Waals surface area contributed by atoms with Gasteiger partial charge in [0.05, 0.1) is 0 Å². The van der Waals surface area contributed by atoms with E-state index >= 15 is 0 Å². The maximum absolute atomic E-state index is 2.67. The molecule has 0 amide bonds. The molecule has 0 aromatic carbocycles. The van der Waals surface area contributed by atoms with Crippen LogP contribution in [0.2, 0.25) is 0 Å². The van der Waals surface area contributed by atoms with Crippen LogP contribution in [0.1, 0.15) is 66.2 Å². The lowest BCUT2D eigenvalue weighted by molar-refractivity contribution is 0.0998. The van der Waals surface area contributed by atoms with Gasteiger partial charge in [0.15, 0.2) is 0 Å². The van der Waals surface area contributed by atoms with Crippen molar-refractivity contribution < 1.29 is 0 Å². The summed E-state index contributed by atoms with van der Waals surface area (Å²) in [5.74, 6) is 0.840. The fourth-order valence-corrected chi connectivity index (χ4v) is 3.35. The fraction of sp³-hybridized carbons (Fsp3) is 1.00. The molecule has 0 N–H and O–H groups in total. The Morgan fingerprint density at radius 2 is 1.44 bits per heavy atom. The quantitative estimate of drug-likeness (QED) is 0.676. The van der Waals surface area contributed by atoms with Crippen molar-refractivity contribution in [3.05, 3.63) is 0 Å². The van der Waals surface area contributed by atoms with Crippen molar-refractivity contribution in [3.8, 4) is 0 Å². The molecule has 0 atom stereocenters. The first-order chi connectivity index (χ1) is 7.70. The predicted molar refractivity (Wildman–Crippen MR) is 72.8 cm³/mol. The molecule has 1 heteroatoms. The number of hydrogen-bond donors (Lipinski definition) is 0. The topological polar surface area (TPSA) is 3.24 Å². The Kier molecular flexibility index (Phi) is 5.82. The summed E-state index contributed by atoms with van der Waals surface area (Å²) >= 11 is 0. The van der Waals surface area contributed by atoms with E-state index in [0.29, 0.717) is 0 Å². The molecule has 16 heavy (non-hydrogen) atoms. The molecule has 1 spiro atoms. The maximum atomic E-state index is 2.67. The number of nitrogens with zero attached hydrogens (tertiary/aromatic N) is 1. The smallest absolute Gasteiger partial charge is 0.000439 e. The van der Waals surface area contributed by atoms with Crippen molar-refractivity contribution >= 4 is 0 Å². The summed E-state index contributed by atoms with van der Waals surface area (Å²) in [5.41, 5.74) is 0.799. The van der Waals surface area contributed by atoms with E-state index < -0.39 is 0 Å². The largest absolute Gasteiger partial charge is 0.303 e. The zero-order chi connectivity index (χ0) is 12.0. The molecule has 0 unspecified atom stereocenters. The predicted octanol–water partition coefficient (Wildman–Crippen LogP) is 4.32. The average Bonchev–Trinajstić information content (AvgIpc) is 2.73. The van der Waals surface area contributed by atoms with Crippen LogP contribution < -0.4 is 0 Å². The van der Waals surface area contributed by atoms with Crippen molar-refractivity contribution in [1.82, 2.24) is 4.90 Å². The highest BCUT2D eigenvalue weighted by Gasteiger charge is 2.36. The highest BCUT2D eigenvalue weighted by Crippen LogP contribution is 2.46. The first-order valence-electron chi connectivity index (χ1n) is 7.43. The number of likely N-dealkylation sites (tertiary alicyclic amines) is 1. The molecule has 1 nitrogen and oxygen atoms in total. The Hall–Kier alpha value is -0.0400. The highest BCUT2D eigenvalue weighted by atomic mass is 15.1. The number of piperidine rings is 1. The molecule has 1 aliphatic heterocycles. The second-order valence-corrected chi connectivity index (χ2v) is 5.90. The molecule has 96 valence electrons. The van der Waals surface area contributed by atoms with Crippen LogP contribution in [-0.4, -0.2) is 24.5 Å². The molecule has 0 bridgehead atoms. The van der Waals surface area contributed by atoms with E-state index in [0.717, 1.165) is 11.3 Å². The van der Waals surface area contributed by atoms with E-state index in [1.807, 2.05) is 13.8 Å². The van der Waals surface area contributed by atoms with Gasteiger partial charge in [-0.25, -0.2) is 0 Å². The molecule has 2 rings (SSSR count). The number of rotatable bonds is 2. The summed E-state index contributed by atoms with van der Waals surface area (Å²) in [7, 11) is 0. The first-order valence-corrected chi connectivity index (χ1v) is 7.43. The molecule has 1 saturated carbocycles. The maximum Gasteiger partial charge on any atom is 0.000439 e. The van der Waals surface area contributed by atoms with Gasteiger partial charge in [0, 0.05) is 6.54 Å². The van der Waals surface area contributed by atoms with Gasteiger partial charge in [0.2, 0.25) is 0 Å². The molecule has 2 fully saturated rings. The molecule has 1 heterocycles. The monoisotopic (exact) mass is 225 g/mol. The SMILES string of the molecule is CC.CC(C)CN1CCC2(CCCC2)CC1. The lowest BCUT2D eigenvalue weighted by Crippen LogP contribution is -2.40. The third kappa shape index (κ3) is 3.76. The van der Waals surface area contributed by atoms with Crippen LogP contribution in [-0.2, 0) is 0 Å². The number of hydrogen-bond acceptors (Lipinski definition) is 1. The fourth-order valence-electron chi connectivity index (χ4n) is 3.35. The second kappa shape index (κ2) is 6.64. The standard InChI is InChI=1S/C13H25N.C2H6/c1-12(2)11-14-9-7-13(8-10-14)5-3-4-6-13;1-2/h12H,3-11H2,1-2H3;1-2H3. The Morgan fingerprint density at radius 1 is 0.938 bits per heavy atom. The normalized spacial score (nSPS) is 24.6. The lowest BCUT2D eigenvalue weighted by Gasteiger charge is -2.40. The first kappa shape index (κ1) is 14.0. The van der Waals surface area contributed by atoms with Gasteiger partial charge in [-0.3, -0.25) is 0 Å². The Bertz CT molecular complexity index is 170. The van der Waals surface area contributed by atoms with E-state index in [-0.39, 0.29) is 0 Å². The van der Waals surface area contributed by atoms with E-state index in [1.54, 1.807) is 0 Å². The van der Waals surface area contributed by atoms with Gasteiger partial charge < -0.3 is 4.90 Å². The van der Waals surface area contributed by atoms with Crippen molar-refractivity contribution in [2.24, 2.45) is 11.3 Å². The van der Waals surface area contributed by atoms with Crippen LogP contribution in [0.15, 0.2) is 0 Å². The Morgan fingerprint density at radius 3 is 1.88 bits per heavy atom. The summed E-state index contributed by atoms with van der Waals surface area (Å²) in [6.07, 6.45) is 9.04. The molecule has 0 aromatic heterocycles. The van der Waals surface area contributed by atoms with Crippen LogP contribution in [0.25, 0.3) is 0 Å². The third-order valence-electron chi connectivity index (χ3n) is 4.20. The van der Waals surface area contributed by atoms with E-state index in [4.69, 9.17) is 0 Å². The summed E-state index contributed by atoms with van der Waals surface area (Å²) in [6, 6.07) is 0. The van der Waals surface area contributed by atoms with Gasteiger partial charge in [-0.1, -0.05) is 40.5 Å². The van der Waals surface area contributed by atoms with Crippen LogP contribution in [0.5, 0.6) is 0 Å². The van der Waals surface area contributed by atoms with Gasteiger partial charge in [-0.15, -0.1) is 0 Å². The van der Waals surface area contributed by atoms with E-state index in [9.17, 15) is 0 Å². The zero-order valence-electron chi connectivity index (χ0n) is 11.9. The van der Waals surface area contributed by atoms with E-state index in [2.05, 4.69) is 18.7 Å². The lowest BCUT2D eigenvalue weighted by atomic mass is 9.77. The summed E-state index contributed by atoms with van der Waals surface area (Å²) < 4.78 is 0. The van der Waals surface area contributed by atoms with Crippen LogP contribution in [0.3, 0.4) is 0 Å². The Labute approximate surface area is 103 Å². The molecular formula is C15H31N. The molecule has 1 saturated heterocycles. The van der Waals surface area contributed by atoms with Crippen molar-refractivity contribution in [1.29, 1.82) is 0 Å². The minimum absolute atomic E-state index is 0.799. The van der Waals surface area contributed by atoms with Gasteiger partial charge in [-0.2, -0.15) is 0 Å². The minimum atomic E-state index is 0.799. The van der Waals surface area contributed by atoms with Crippen molar-refractivity contribution in [3.63, 3.8) is 0 Å². The summed E-state index contributed by atoms with van der Waals surface area (Å²) in [5, 5.41) is 0. The zero-order valence-corrected chi connectivity index (χ0v) is 11.9. The van der Waals surface area contributed by atoms with Crippen LogP contribution >= 0.6 is 0 Å². The highest BCUT2D eigenvalue weighted by molar-refractivity contribution is 4.89. The third-order valence-corrected chi connectivity index (χ3v) is 4.20. The van der Waals surface area contributed by atoms with Gasteiger partial charge in [-0.05, 0) is 50.1 Å². The second-order valence-electron chi connectivity index (χ2n) is 5.90. The molecule has 1 aliphatic carbocycles.